The standard InChI is InChI=1S/C11H22N2O/c1-12-6-3-7-13-8-9-14-11-5-2-4-10(11)13/h10-12H,2-9H2,1H3. The van der Waals surface area contributed by atoms with Gasteiger partial charge in [-0.1, -0.05) is 0 Å². The third kappa shape index (κ3) is 2.27. The van der Waals surface area contributed by atoms with Crippen molar-refractivity contribution in [1.29, 1.82) is 0 Å². The Morgan fingerprint density at radius 2 is 2.36 bits per heavy atom. The Morgan fingerprint density at radius 1 is 1.43 bits per heavy atom. The van der Waals surface area contributed by atoms with Crippen LogP contribution in [0.2, 0.25) is 0 Å². The summed E-state index contributed by atoms with van der Waals surface area (Å²) in [4.78, 5) is 2.64. The molecule has 2 atom stereocenters. The molecule has 82 valence electrons. The van der Waals surface area contributed by atoms with E-state index in [9.17, 15) is 0 Å². The number of ether oxygens (including phenoxy) is 1. The second kappa shape index (κ2) is 5.10. The molecule has 1 aliphatic carbocycles. The summed E-state index contributed by atoms with van der Waals surface area (Å²) in [6.45, 7) is 4.46. The highest BCUT2D eigenvalue weighted by Gasteiger charge is 2.35. The number of rotatable bonds is 4. The Kier molecular flexibility index (Phi) is 3.79. The average molecular weight is 198 g/mol. The van der Waals surface area contributed by atoms with Gasteiger partial charge in [-0.2, -0.15) is 0 Å². The molecule has 2 fully saturated rings. The zero-order chi connectivity index (χ0) is 9.80. The molecule has 1 heterocycles. The second-order valence-corrected chi connectivity index (χ2v) is 4.40. The fraction of sp³-hybridized carbons (Fsp3) is 1.00. The van der Waals surface area contributed by atoms with E-state index in [1.54, 1.807) is 0 Å². The van der Waals surface area contributed by atoms with Crippen molar-refractivity contribution in [3.05, 3.63) is 0 Å². The number of fused-ring (bicyclic) bond motifs is 1. The first-order valence-electron chi connectivity index (χ1n) is 5.92. The molecule has 1 N–H and O–H groups in total. The normalized spacial score (nSPS) is 33.2. The zero-order valence-corrected chi connectivity index (χ0v) is 9.17. The van der Waals surface area contributed by atoms with Crippen LogP contribution in [-0.2, 0) is 4.74 Å². The minimum atomic E-state index is 0.554. The topological polar surface area (TPSA) is 24.5 Å². The Labute approximate surface area is 86.8 Å². The van der Waals surface area contributed by atoms with Gasteiger partial charge >= 0.3 is 0 Å². The number of hydrogen-bond acceptors (Lipinski definition) is 3. The van der Waals surface area contributed by atoms with Crippen molar-refractivity contribution in [3.8, 4) is 0 Å². The van der Waals surface area contributed by atoms with Crippen molar-refractivity contribution in [2.24, 2.45) is 0 Å². The van der Waals surface area contributed by atoms with Gasteiger partial charge < -0.3 is 10.1 Å². The van der Waals surface area contributed by atoms with E-state index < -0.39 is 0 Å². The molecule has 2 rings (SSSR count). The van der Waals surface area contributed by atoms with Crippen molar-refractivity contribution < 1.29 is 4.74 Å². The summed E-state index contributed by atoms with van der Waals surface area (Å²) in [5.41, 5.74) is 0. The maximum absolute atomic E-state index is 5.78. The van der Waals surface area contributed by atoms with E-state index in [4.69, 9.17) is 4.74 Å². The van der Waals surface area contributed by atoms with Crippen LogP contribution < -0.4 is 5.32 Å². The molecule has 0 bridgehead atoms. The van der Waals surface area contributed by atoms with E-state index in [0.717, 1.165) is 25.7 Å². The van der Waals surface area contributed by atoms with Gasteiger partial charge in [0.15, 0.2) is 0 Å². The molecule has 2 unspecified atom stereocenters. The highest BCUT2D eigenvalue weighted by atomic mass is 16.5. The van der Waals surface area contributed by atoms with Crippen molar-refractivity contribution in [2.75, 3.05) is 33.3 Å². The van der Waals surface area contributed by atoms with Crippen molar-refractivity contribution in [2.45, 2.75) is 37.8 Å². The Balaban J connectivity index is 1.78. The van der Waals surface area contributed by atoms with Crippen LogP contribution in [0, 0.1) is 0 Å². The predicted molar refractivity (Wildman–Crippen MR) is 57.5 cm³/mol. The fourth-order valence-corrected chi connectivity index (χ4v) is 2.74. The Bertz CT molecular complexity index is 175. The van der Waals surface area contributed by atoms with Crippen LogP contribution in [-0.4, -0.2) is 50.3 Å². The third-order valence-electron chi connectivity index (χ3n) is 3.47. The maximum Gasteiger partial charge on any atom is 0.0730 e. The summed E-state index contributed by atoms with van der Waals surface area (Å²) in [5.74, 6) is 0. The van der Waals surface area contributed by atoms with Crippen molar-refractivity contribution in [3.63, 3.8) is 0 Å². The summed E-state index contributed by atoms with van der Waals surface area (Å²) in [6.07, 6.45) is 5.81. The second-order valence-electron chi connectivity index (χ2n) is 4.40. The highest BCUT2D eigenvalue weighted by Crippen LogP contribution is 2.29. The van der Waals surface area contributed by atoms with Gasteiger partial charge in [-0.3, -0.25) is 4.90 Å². The predicted octanol–water partition coefficient (Wildman–Crippen LogP) is 0.849. The van der Waals surface area contributed by atoms with Gasteiger partial charge in [0.05, 0.1) is 12.7 Å². The molecule has 0 aromatic heterocycles. The fourth-order valence-electron chi connectivity index (χ4n) is 2.74. The quantitative estimate of drug-likeness (QED) is 0.678. The lowest BCUT2D eigenvalue weighted by Gasteiger charge is -2.37. The van der Waals surface area contributed by atoms with Gasteiger partial charge in [0, 0.05) is 12.6 Å². The molecule has 0 amide bonds. The van der Waals surface area contributed by atoms with Crippen LogP contribution in [0.3, 0.4) is 0 Å². The molecule has 14 heavy (non-hydrogen) atoms. The molecule has 3 heteroatoms. The summed E-state index contributed by atoms with van der Waals surface area (Å²) in [6, 6.07) is 0.737. The van der Waals surface area contributed by atoms with Gasteiger partial charge in [0.2, 0.25) is 0 Å². The molecule has 3 nitrogen and oxygen atoms in total. The summed E-state index contributed by atoms with van der Waals surface area (Å²) in [5, 5.41) is 3.21. The molecule has 1 aliphatic heterocycles. The lowest BCUT2D eigenvalue weighted by molar-refractivity contribution is -0.0555. The van der Waals surface area contributed by atoms with Gasteiger partial charge in [0.25, 0.3) is 0 Å². The first-order chi connectivity index (χ1) is 6.92. The van der Waals surface area contributed by atoms with Gasteiger partial charge in [-0.15, -0.1) is 0 Å². The number of morpholine rings is 1. The molecule has 2 aliphatic rings. The van der Waals surface area contributed by atoms with Crippen LogP contribution in [0.25, 0.3) is 0 Å². The molecule has 1 saturated carbocycles. The van der Waals surface area contributed by atoms with E-state index in [2.05, 4.69) is 10.2 Å². The van der Waals surface area contributed by atoms with E-state index in [0.29, 0.717) is 6.10 Å². The SMILES string of the molecule is CNCCCN1CCOC2CCCC21. The van der Waals surface area contributed by atoms with Crippen LogP contribution >= 0.6 is 0 Å². The lowest BCUT2D eigenvalue weighted by Crippen LogP contribution is -2.49. The zero-order valence-electron chi connectivity index (χ0n) is 9.17. The molecule has 0 radical (unpaired) electrons. The van der Waals surface area contributed by atoms with E-state index in [1.165, 1.54) is 32.2 Å². The largest absolute Gasteiger partial charge is 0.375 e. The van der Waals surface area contributed by atoms with E-state index in [-0.39, 0.29) is 0 Å². The minimum absolute atomic E-state index is 0.554. The smallest absolute Gasteiger partial charge is 0.0730 e. The molecule has 1 saturated heterocycles. The third-order valence-corrected chi connectivity index (χ3v) is 3.47. The summed E-state index contributed by atoms with van der Waals surface area (Å²) < 4.78 is 5.78. The molecule has 0 aromatic carbocycles. The van der Waals surface area contributed by atoms with Crippen molar-refractivity contribution >= 4 is 0 Å². The molecular weight excluding hydrogens is 176 g/mol. The first-order valence-corrected chi connectivity index (χ1v) is 5.92. The van der Waals surface area contributed by atoms with Crippen LogP contribution in [0.1, 0.15) is 25.7 Å². The molecule has 0 aromatic rings. The number of hydrogen-bond donors (Lipinski definition) is 1. The van der Waals surface area contributed by atoms with Gasteiger partial charge in [-0.25, -0.2) is 0 Å². The Morgan fingerprint density at radius 3 is 3.21 bits per heavy atom. The van der Waals surface area contributed by atoms with Crippen LogP contribution in [0.5, 0.6) is 0 Å². The molecular formula is C11H22N2O. The average Bonchev–Trinajstić information content (AvgIpc) is 2.67. The van der Waals surface area contributed by atoms with Gasteiger partial charge in [0.1, 0.15) is 0 Å². The number of nitrogens with zero attached hydrogens (tertiary/aromatic N) is 1. The maximum atomic E-state index is 5.78. The monoisotopic (exact) mass is 198 g/mol. The van der Waals surface area contributed by atoms with Crippen LogP contribution in [0.15, 0.2) is 0 Å². The van der Waals surface area contributed by atoms with Crippen LogP contribution in [0.4, 0.5) is 0 Å². The van der Waals surface area contributed by atoms with Crippen molar-refractivity contribution in [1.82, 2.24) is 10.2 Å². The minimum Gasteiger partial charge on any atom is -0.375 e. The first kappa shape index (κ1) is 10.4. The lowest BCUT2D eigenvalue weighted by atomic mass is 10.1. The summed E-state index contributed by atoms with van der Waals surface area (Å²) in [7, 11) is 2.03. The molecule has 0 spiro atoms. The van der Waals surface area contributed by atoms with E-state index >= 15 is 0 Å². The van der Waals surface area contributed by atoms with E-state index in [1.807, 2.05) is 7.05 Å². The Hall–Kier alpha value is -0.120. The van der Waals surface area contributed by atoms with Gasteiger partial charge in [-0.05, 0) is 45.8 Å². The summed E-state index contributed by atoms with van der Waals surface area (Å²) >= 11 is 0. The highest BCUT2D eigenvalue weighted by molar-refractivity contribution is 4.89. The number of nitrogens with one attached hydrogen (secondary N) is 1.